The van der Waals surface area contributed by atoms with Gasteiger partial charge in [-0.25, -0.2) is 4.79 Å². The first-order chi connectivity index (χ1) is 20.8. The molecule has 240 valence electrons. The highest BCUT2D eigenvalue weighted by atomic mass is 16.7. The maximum Gasteiger partial charge on any atom is 0.338 e. The van der Waals surface area contributed by atoms with E-state index in [1.807, 2.05) is 27.7 Å². The fraction of sp³-hybridized carbons (Fsp3) is 0.647. The molecule has 1 aromatic carbocycles. The number of aliphatic hydroxyl groups is 3. The zero-order valence-electron chi connectivity index (χ0n) is 26.0. The van der Waals surface area contributed by atoms with Gasteiger partial charge >= 0.3 is 11.9 Å². The number of rotatable bonds is 6. The Morgan fingerprint density at radius 1 is 1.14 bits per heavy atom. The lowest BCUT2D eigenvalue weighted by Gasteiger charge is -2.68. The lowest BCUT2D eigenvalue weighted by atomic mass is 9.44. The Bertz CT molecular complexity index is 1360. The molecule has 2 aliphatic heterocycles. The molecule has 44 heavy (non-hydrogen) atoms. The lowest BCUT2D eigenvalue weighted by molar-refractivity contribution is -0.362. The molecule has 0 aromatic heterocycles. The molecule has 10 heteroatoms. The fourth-order valence-electron chi connectivity index (χ4n) is 8.81. The standard InChI is InChI=1S/C34H44O10/c1-7-12-23(37)44-33-17-40-22(33)15-21(36)32(6)27(33)29(43-30(38)19-13-10-9-11-14-19)34(39)16-20(35)18(3)25(31(34,4)5)26-28(32)42-24(8-2)41-26/h8-11,13-14,20-22,24,26-29,35-36,39H,2,7,12,15-17H2,1,3-6H3/t20-,21-,22+,24?,26+,27-,28+,29-,32+,33-,34+/m0/s1. The Kier molecular flexibility index (Phi) is 7.66. The topological polar surface area (TPSA) is 141 Å². The van der Waals surface area contributed by atoms with Crippen LogP contribution in [0.2, 0.25) is 0 Å². The molecule has 0 amide bonds. The van der Waals surface area contributed by atoms with Crippen LogP contribution in [0.4, 0.5) is 0 Å². The van der Waals surface area contributed by atoms with Crippen molar-refractivity contribution in [1.82, 2.24) is 0 Å². The Morgan fingerprint density at radius 3 is 2.45 bits per heavy atom. The molecular formula is C34H44O10. The molecule has 3 aliphatic carbocycles. The third-order valence-corrected chi connectivity index (χ3v) is 11.3. The minimum absolute atomic E-state index is 0.0244. The Hall–Kier alpha value is -2.60. The molecule has 2 saturated carbocycles. The number of esters is 2. The summed E-state index contributed by atoms with van der Waals surface area (Å²) in [6, 6.07) is 8.44. The van der Waals surface area contributed by atoms with E-state index in [1.165, 1.54) is 6.08 Å². The van der Waals surface area contributed by atoms with Crippen LogP contribution in [-0.2, 0) is 28.5 Å². The third-order valence-electron chi connectivity index (χ3n) is 11.3. The summed E-state index contributed by atoms with van der Waals surface area (Å²) >= 11 is 0. The molecule has 2 saturated heterocycles. The smallest absolute Gasteiger partial charge is 0.338 e. The molecule has 0 spiro atoms. The number of hydrogen-bond donors (Lipinski definition) is 3. The van der Waals surface area contributed by atoms with Crippen molar-refractivity contribution in [2.24, 2.45) is 16.7 Å². The third kappa shape index (κ3) is 4.22. The monoisotopic (exact) mass is 612 g/mol. The van der Waals surface area contributed by atoms with Gasteiger partial charge < -0.3 is 39.0 Å². The Balaban J connectivity index is 1.63. The number of carbonyl (C=O) groups is 2. The summed E-state index contributed by atoms with van der Waals surface area (Å²) in [5.74, 6) is -2.17. The summed E-state index contributed by atoms with van der Waals surface area (Å²) in [7, 11) is 0. The number of carbonyl (C=O) groups excluding carboxylic acids is 2. The molecule has 11 atom stereocenters. The van der Waals surface area contributed by atoms with Crippen molar-refractivity contribution in [2.75, 3.05) is 6.61 Å². The van der Waals surface area contributed by atoms with Gasteiger partial charge in [-0.1, -0.05) is 52.5 Å². The minimum atomic E-state index is -1.90. The molecule has 6 rings (SSSR count). The van der Waals surface area contributed by atoms with Crippen molar-refractivity contribution in [1.29, 1.82) is 0 Å². The van der Waals surface area contributed by atoms with Crippen LogP contribution in [-0.4, -0.2) is 88.0 Å². The summed E-state index contributed by atoms with van der Waals surface area (Å²) in [6.45, 7) is 13.0. The first kappa shape index (κ1) is 31.4. The second-order valence-corrected chi connectivity index (χ2v) is 13.8. The summed E-state index contributed by atoms with van der Waals surface area (Å²) in [6.07, 6.45) is -4.62. The van der Waals surface area contributed by atoms with Crippen LogP contribution in [0.3, 0.4) is 0 Å². The fourth-order valence-corrected chi connectivity index (χ4v) is 8.81. The van der Waals surface area contributed by atoms with Crippen molar-refractivity contribution in [2.45, 2.75) is 114 Å². The number of fused-ring (bicyclic) bond motifs is 8. The quantitative estimate of drug-likeness (QED) is 0.324. The van der Waals surface area contributed by atoms with Crippen LogP contribution in [0.1, 0.15) is 70.7 Å². The predicted molar refractivity (Wildman–Crippen MR) is 157 cm³/mol. The number of aliphatic hydroxyl groups excluding tert-OH is 2. The number of benzene rings is 1. The van der Waals surface area contributed by atoms with Gasteiger partial charge in [0.15, 0.2) is 11.9 Å². The van der Waals surface area contributed by atoms with Crippen LogP contribution < -0.4 is 0 Å². The summed E-state index contributed by atoms with van der Waals surface area (Å²) < 4.78 is 31.7. The van der Waals surface area contributed by atoms with Gasteiger partial charge in [0.2, 0.25) is 0 Å². The van der Waals surface area contributed by atoms with E-state index in [1.54, 1.807) is 37.3 Å². The van der Waals surface area contributed by atoms with E-state index in [0.717, 1.165) is 0 Å². The number of hydrogen-bond acceptors (Lipinski definition) is 10. The van der Waals surface area contributed by atoms with Crippen molar-refractivity contribution in [3.05, 3.63) is 59.7 Å². The van der Waals surface area contributed by atoms with Gasteiger partial charge in [0.1, 0.15) is 23.9 Å². The molecule has 3 N–H and O–H groups in total. The van der Waals surface area contributed by atoms with Gasteiger partial charge in [0.05, 0.1) is 36.4 Å². The average molecular weight is 613 g/mol. The minimum Gasteiger partial charge on any atom is -0.455 e. The molecule has 2 bridgehead atoms. The van der Waals surface area contributed by atoms with E-state index in [-0.39, 0.29) is 31.4 Å². The second kappa shape index (κ2) is 10.7. The van der Waals surface area contributed by atoms with Crippen LogP contribution in [0.15, 0.2) is 54.1 Å². The molecular weight excluding hydrogens is 568 g/mol. The highest BCUT2D eigenvalue weighted by Crippen LogP contribution is 2.66. The average Bonchev–Trinajstić information content (AvgIpc) is 3.41. The SMILES string of the molecule is C=CC1O[C@@H]2C3=C(C)[C@@H](O)C[C@@](O)([C@@H](OC(=O)c4ccccc4)[C@@H]4[C@]5(OC(=O)CCC)CO[C@@H]5C[C@H](O)[C@@]4(C)[C@@H]2O1)C3(C)C. The van der Waals surface area contributed by atoms with Gasteiger partial charge in [-0.05, 0) is 42.7 Å². The van der Waals surface area contributed by atoms with Crippen LogP contribution in [0.5, 0.6) is 0 Å². The lowest BCUT2D eigenvalue weighted by Crippen LogP contribution is -2.82. The van der Waals surface area contributed by atoms with Crippen LogP contribution in [0.25, 0.3) is 0 Å². The molecule has 4 fully saturated rings. The molecule has 0 radical (unpaired) electrons. The largest absolute Gasteiger partial charge is 0.455 e. The van der Waals surface area contributed by atoms with Gasteiger partial charge in [0.25, 0.3) is 0 Å². The van der Waals surface area contributed by atoms with Crippen LogP contribution in [0, 0.1) is 16.7 Å². The van der Waals surface area contributed by atoms with Gasteiger partial charge in [-0.15, -0.1) is 0 Å². The first-order valence-corrected chi connectivity index (χ1v) is 15.6. The van der Waals surface area contributed by atoms with E-state index < -0.39 is 82.8 Å². The van der Waals surface area contributed by atoms with Gasteiger partial charge in [0, 0.05) is 30.1 Å². The Morgan fingerprint density at radius 2 is 1.84 bits per heavy atom. The maximum atomic E-state index is 13.9. The van der Waals surface area contributed by atoms with E-state index in [2.05, 4.69) is 6.58 Å². The zero-order chi connectivity index (χ0) is 31.8. The normalized spacial score (nSPS) is 43.7. The summed E-state index contributed by atoms with van der Waals surface area (Å²) in [5.41, 5.74) is -4.21. The predicted octanol–water partition coefficient (Wildman–Crippen LogP) is 3.23. The molecule has 1 unspecified atom stereocenters. The number of ether oxygens (including phenoxy) is 5. The second-order valence-electron chi connectivity index (χ2n) is 13.8. The van der Waals surface area contributed by atoms with E-state index >= 15 is 0 Å². The van der Waals surface area contributed by atoms with Gasteiger partial charge in [-0.2, -0.15) is 0 Å². The van der Waals surface area contributed by atoms with Crippen molar-refractivity contribution in [3.8, 4) is 0 Å². The van der Waals surface area contributed by atoms with Crippen molar-refractivity contribution < 1.29 is 48.6 Å². The zero-order valence-corrected chi connectivity index (χ0v) is 26.0. The first-order valence-electron chi connectivity index (χ1n) is 15.6. The molecule has 1 aromatic rings. The Labute approximate surface area is 258 Å². The highest BCUT2D eigenvalue weighted by Gasteiger charge is 2.78. The van der Waals surface area contributed by atoms with Crippen LogP contribution >= 0.6 is 0 Å². The maximum absolute atomic E-state index is 13.9. The summed E-state index contributed by atoms with van der Waals surface area (Å²) in [4.78, 5) is 27.2. The van der Waals surface area contributed by atoms with E-state index in [0.29, 0.717) is 17.6 Å². The van der Waals surface area contributed by atoms with E-state index in [9.17, 15) is 24.9 Å². The molecule has 10 nitrogen and oxygen atoms in total. The van der Waals surface area contributed by atoms with E-state index in [4.69, 9.17) is 23.7 Å². The molecule has 2 heterocycles. The molecule has 5 aliphatic rings. The van der Waals surface area contributed by atoms with Gasteiger partial charge in [-0.3, -0.25) is 4.79 Å². The van der Waals surface area contributed by atoms with Crippen molar-refractivity contribution in [3.63, 3.8) is 0 Å². The summed E-state index contributed by atoms with van der Waals surface area (Å²) in [5, 5.41) is 36.6. The van der Waals surface area contributed by atoms with Crippen molar-refractivity contribution >= 4 is 11.9 Å². The highest BCUT2D eigenvalue weighted by molar-refractivity contribution is 5.89.